The van der Waals surface area contributed by atoms with Crippen LogP contribution < -0.4 is 14.1 Å². The van der Waals surface area contributed by atoms with Crippen LogP contribution in [-0.2, 0) is 10.2 Å². The first-order valence-electron chi connectivity index (χ1n) is 16.4. The van der Waals surface area contributed by atoms with Gasteiger partial charge >= 0.3 is 11.8 Å². The van der Waals surface area contributed by atoms with E-state index in [9.17, 15) is 0 Å². The molecule has 1 aliphatic carbocycles. The molecule has 0 aromatic heterocycles. The number of benzene rings is 7. The van der Waals surface area contributed by atoms with Crippen molar-refractivity contribution in [2.45, 2.75) is 5.41 Å². The van der Waals surface area contributed by atoms with Gasteiger partial charge in [-0.1, -0.05) is 121 Å². The van der Waals surface area contributed by atoms with Gasteiger partial charge in [0, 0.05) is 4.67 Å². The molecule has 3 aliphatic rings. The van der Waals surface area contributed by atoms with Crippen LogP contribution in [0.1, 0.15) is 33.4 Å². The molecule has 2 aliphatic heterocycles. The number of nitrogens with zero attached hydrogens (tertiary/aromatic N) is 1. The fraction of sp³-hybridized carbons (Fsp3) is 0.0222. The third-order valence-corrected chi connectivity index (χ3v) is 9.79. The summed E-state index contributed by atoms with van der Waals surface area (Å²) in [5, 5.41) is 0. The molecule has 7 aromatic rings. The number of rotatable bonds is 5. The van der Waals surface area contributed by atoms with Crippen molar-refractivity contribution < 1.29 is 14.2 Å². The molecule has 10 rings (SSSR count). The lowest BCUT2D eigenvalue weighted by Crippen LogP contribution is -2.29. The van der Waals surface area contributed by atoms with Crippen LogP contribution in [0.3, 0.4) is 0 Å². The zero-order valence-electron chi connectivity index (χ0n) is 26.3. The van der Waals surface area contributed by atoms with Crippen LogP contribution in [0.15, 0.2) is 170 Å². The maximum Gasteiger partial charge on any atom is 0.510 e. The Labute approximate surface area is 283 Å². The maximum absolute atomic E-state index is 6.63. The first-order chi connectivity index (χ1) is 24.3. The van der Waals surface area contributed by atoms with Crippen molar-refractivity contribution in [3.05, 3.63) is 203 Å². The van der Waals surface area contributed by atoms with Gasteiger partial charge in [-0.05, 0) is 93.0 Å². The number of ether oxygens (including phenoxy) is 3. The Kier molecular flexibility index (Phi) is 6.01. The summed E-state index contributed by atoms with van der Waals surface area (Å²) in [6, 6.07) is 58.9. The molecular formula is C45H28NO3+. The minimum absolute atomic E-state index is 0.500. The quantitative estimate of drug-likeness (QED) is 0.178. The maximum atomic E-state index is 6.63. The van der Waals surface area contributed by atoms with Gasteiger partial charge in [-0.15, -0.1) is 0 Å². The summed E-state index contributed by atoms with van der Waals surface area (Å²) >= 11 is 0. The molecule has 0 amide bonds. The van der Waals surface area contributed by atoms with Crippen LogP contribution >= 0.6 is 0 Å². The van der Waals surface area contributed by atoms with E-state index in [0.29, 0.717) is 34.8 Å². The molecule has 0 unspecified atom stereocenters. The Morgan fingerprint density at radius 1 is 0.347 bits per heavy atom. The Hall–Kier alpha value is -6.61. The average molecular weight is 631 g/mol. The fourth-order valence-corrected chi connectivity index (χ4v) is 7.52. The molecule has 0 radical (unpaired) electrons. The molecule has 49 heavy (non-hydrogen) atoms. The summed E-state index contributed by atoms with van der Waals surface area (Å²) in [6.45, 7) is 0. The SMILES string of the molecule is c1ccc(C2=[N+]=C(c3ccc(-c4ccc5c(c4)Oc4cc6c(cc4O5)C(c4ccccc4)(c4ccccc4)c4ccccc4-6)cc3)O2)cc1. The molecule has 4 nitrogen and oxygen atoms in total. The summed E-state index contributed by atoms with van der Waals surface area (Å²) in [7, 11) is 0. The molecule has 7 aromatic carbocycles. The van der Waals surface area contributed by atoms with Gasteiger partial charge in [0.25, 0.3) is 0 Å². The van der Waals surface area contributed by atoms with Gasteiger partial charge in [-0.25, -0.2) is 0 Å². The van der Waals surface area contributed by atoms with Crippen LogP contribution in [0, 0.1) is 0 Å². The molecule has 0 bridgehead atoms. The van der Waals surface area contributed by atoms with E-state index in [1.54, 1.807) is 0 Å². The molecule has 0 atom stereocenters. The van der Waals surface area contributed by atoms with Gasteiger partial charge < -0.3 is 14.2 Å². The van der Waals surface area contributed by atoms with E-state index >= 15 is 0 Å². The molecule has 0 spiro atoms. The first kappa shape index (κ1) is 27.5. The Balaban J connectivity index is 1.02. The Morgan fingerprint density at radius 3 is 1.55 bits per heavy atom. The Bertz CT molecular complexity index is 2440. The normalized spacial score (nSPS) is 14.3. The second-order valence-corrected chi connectivity index (χ2v) is 12.5. The zero-order valence-corrected chi connectivity index (χ0v) is 26.3. The minimum Gasteiger partial charge on any atom is -0.450 e. The van der Waals surface area contributed by atoms with Gasteiger partial charge in [-0.2, -0.15) is 0 Å². The average Bonchev–Trinajstić information content (AvgIpc) is 3.43. The van der Waals surface area contributed by atoms with Crippen molar-refractivity contribution in [2.75, 3.05) is 0 Å². The highest BCUT2D eigenvalue weighted by Crippen LogP contribution is 2.59. The summed E-state index contributed by atoms with van der Waals surface area (Å²) < 4.78 is 23.8. The highest BCUT2D eigenvalue weighted by atomic mass is 16.6. The van der Waals surface area contributed by atoms with E-state index < -0.39 is 5.41 Å². The summed E-state index contributed by atoms with van der Waals surface area (Å²) in [4.78, 5) is 0. The van der Waals surface area contributed by atoms with E-state index in [0.717, 1.165) is 27.8 Å². The number of hydrogen-bond acceptors (Lipinski definition) is 3. The smallest absolute Gasteiger partial charge is 0.450 e. The predicted octanol–water partition coefficient (Wildman–Crippen LogP) is 9.91. The molecular weight excluding hydrogens is 602 g/mol. The molecule has 230 valence electrons. The van der Waals surface area contributed by atoms with E-state index in [1.807, 2.05) is 54.6 Å². The van der Waals surface area contributed by atoms with E-state index in [2.05, 4.69) is 120 Å². The van der Waals surface area contributed by atoms with E-state index in [-0.39, 0.29) is 0 Å². The second-order valence-electron chi connectivity index (χ2n) is 12.5. The molecule has 0 N–H and O–H groups in total. The number of fused-ring (bicyclic) bond motifs is 5. The Morgan fingerprint density at radius 2 is 0.857 bits per heavy atom. The van der Waals surface area contributed by atoms with E-state index in [1.165, 1.54) is 27.8 Å². The van der Waals surface area contributed by atoms with Gasteiger partial charge in [0.1, 0.15) is 11.1 Å². The third kappa shape index (κ3) is 4.22. The lowest BCUT2D eigenvalue weighted by atomic mass is 9.67. The van der Waals surface area contributed by atoms with Crippen LogP contribution in [-0.4, -0.2) is 11.8 Å². The minimum atomic E-state index is -0.500. The van der Waals surface area contributed by atoms with Crippen LogP contribution in [0.5, 0.6) is 23.0 Å². The lowest BCUT2D eigenvalue weighted by Gasteiger charge is -2.34. The van der Waals surface area contributed by atoms with Crippen LogP contribution in [0.2, 0.25) is 0 Å². The highest BCUT2D eigenvalue weighted by Gasteiger charge is 2.47. The van der Waals surface area contributed by atoms with Crippen molar-refractivity contribution in [2.24, 2.45) is 0 Å². The van der Waals surface area contributed by atoms with Crippen molar-refractivity contribution in [3.8, 4) is 45.3 Å². The third-order valence-electron chi connectivity index (χ3n) is 9.79. The first-order valence-corrected chi connectivity index (χ1v) is 16.4. The molecule has 2 heterocycles. The van der Waals surface area contributed by atoms with Crippen LogP contribution in [0.25, 0.3) is 22.3 Å². The van der Waals surface area contributed by atoms with Gasteiger partial charge in [0.2, 0.25) is 0 Å². The lowest BCUT2D eigenvalue weighted by molar-refractivity contribution is 0.359. The van der Waals surface area contributed by atoms with E-state index in [4.69, 9.17) is 14.2 Å². The summed E-state index contributed by atoms with van der Waals surface area (Å²) in [5.74, 6) is 4.06. The number of hydrogen-bond donors (Lipinski definition) is 0. The standard InChI is InChI=1S/C45H28NO3/c1-4-12-30(13-5-1)43-46-44(49-43)31-22-20-29(21-23-31)32-24-25-39-40(26-32)48-41-27-36-35-18-10-11-19-37(35)45(33-14-6-2-7-15-33,34-16-8-3-9-17-34)38(36)28-42(41)47-39/h1-28H/q+1. The monoisotopic (exact) mass is 630 g/mol. The molecule has 0 saturated heterocycles. The summed E-state index contributed by atoms with van der Waals surface area (Å²) in [6.07, 6.45) is 0. The van der Waals surface area contributed by atoms with Gasteiger partial charge in [0.05, 0.1) is 5.41 Å². The van der Waals surface area contributed by atoms with Crippen molar-refractivity contribution >= 4 is 11.8 Å². The summed E-state index contributed by atoms with van der Waals surface area (Å²) in [5.41, 5.74) is 10.7. The molecule has 0 saturated carbocycles. The molecule has 0 fully saturated rings. The highest BCUT2D eigenvalue weighted by molar-refractivity contribution is 6.14. The van der Waals surface area contributed by atoms with Crippen molar-refractivity contribution in [1.29, 1.82) is 0 Å². The van der Waals surface area contributed by atoms with Gasteiger partial charge in [0.15, 0.2) is 23.0 Å². The van der Waals surface area contributed by atoms with Crippen molar-refractivity contribution in [1.82, 2.24) is 4.67 Å². The second kappa shape index (κ2) is 10.7. The van der Waals surface area contributed by atoms with Crippen LogP contribution in [0.4, 0.5) is 0 Å². The predicted molar refractivity (Wildman–Crippen MR) is 194 cm³/mol. The topological polar surface area (TPSA) is 41.8 Å². The molecule has 4 heteroatoms. The van der Waals surface area contributed by atoms with Crippen molar-refractivity contribution in [3.63, 3.8) is 0 Å². The zero-order chi connectivity index (χ0) is 32.4. The fourth-order valence-electron chi connectivity index (χ4n) is 7.52. The van der Waals surface area contributed by atoms with Gasteiger partial charge in [-0.3, -0.25) is 0 Å². The largest absolute Gasteiger partial charge is 0.510 e.